The van der Waals surface area contributed by atoms with E-state index in [1.54, 1.807) is 19.1 Å². The van der Waals surface area contributed by atoms with E-state index in [1.165, 1.54) is 6.07 Å². The number of β-amino-alcohol motifs (C(OH)–C–C–N with tert-alkyl or cyclic N) is 1. The molecule has 1 fully saturated rings. The number of carboxylic acid groups (broad SMARTS) is 1. The smallest absolute Gasteiger partial charge is 0.354 e. The van der Waals surface area contributed by atoms with E-state index in [4.69, 9.17) is 5.11 Å². The van der Waals surface area contributed by atoms with E-state index in [1.807, 2.05) is 4.90 Å². The van der Waals surface area contributed by atoms with E-state index in [9.17, 15) is 9.90 Å². The highest BCUT2D eigenvalue weighted by atomic mass is 16.4. The van der Waals surface area contributed by atoms with Crippen LogP contribution in [0.4, 0.5) is 5.82 Å². The minimum Gasteiger partial charge on any atom is -0.477 e. The number of aromatic carboxylic acids is 1. The van der Waals surface area contributed by atoms with Crippen LogP contribution in [0, 0.1) is 0 Å². The highest BCUT2D eigenvalue weighted by Gasteiger charge is 2.29. The van der Waals surface area contributed by atoms with Crippen molar-refractivity contribution >= 4 is 11.8 Å². The number of rotatable bonds is 2. The summed E-state index contributed by atoms with van der Waals surface area (Å²) in [6.45, 7) is 3.08. The molecule has 92 valence electrons. The van der Waals surface area contributed by atoms with Gasteiger partial charge in [-0.05, 0) is 31.9 Å². The third-order valence-corrected chi connectivity index (χ3v) is 2.95. The molecule has 1 saturated heterocycles. The van der Waals surface area contributed by atoms with Crippen LogP contribution < -0.4 is 4.90 Å². The number of carbonyl (C=O) groups is 1. The molecule has 1 aliphatic rings. The van der Waals surface area contributed by atoms with Crippen molar-refractivity contribution in [2.75, 3.05) is 18.0 Å². The van der Waals surface area contributed by atoms with Gasteiger partial charge in [0.2, 0.25) is 0 Å². The fourth-order valence-corrected chi connectivity index (χ4v) is 2.13. The van der Waals surface area contributed by atoms with Crippen molar-refractivity contribution in [2.24, 2.45) is 0 Å². The van der Waals surface area contributed by atoms with Crippen LogP contribution in [0.25, 0.3) is 0 Å². The van der Waals surface area contributed by atoms with Gasteiger partial charge >= 0.3 is 5.97 Å². The van der Waals surface area contributed by atoms with Crippen molar-refractivity contribution in [1.82, 2.24) is 4.98 Å². The summed E-state index contributed by atoms with van der Waals surface area (Å²) < 4.78 is 0. The topological polar surface area (TPSA) is 73.7 Å². The number of anilines is 1. The SMILES string of the molecule is CC1(O)CCCN(c2cccc(C(=O)O)n2)C1. The Labute approximate surface area is 99.7 Å². The average molecular weight is 236 g/mol. The summed E-state index contributed by atoms with van der Waals surface area (Å²) in [4.78, 5) is 16.8. The molecular weight excluding hydrogens is 220 g/mol. The Hall–Kier alpha value is -1.62. The minimum absolute atomic E-state index is 0.0349. The van der Waals surface area contributed by atoms with E-state index in [-0.39, 0.29) is 5.69 Å². The molecule has 0 amide bonds. The maximum absolute atomic E-state index is 10.8. The van der Waals surface area contributed by atoms with Crippen LogP contribution in [-0.2, 0) is 0 Å². The van der Waals surface area contributed by atoms with E-state index >= 15 is 0 Å². The van der Waals surface area contributed by atoms with Crippen molar-refractivity contribution in [2.45, 2.75) is 25.4 Å². The molecular formula is C12H16N2O3. The summed E-state index contributed by atoms with van der Waals surface area (Å²) in [5.41, 5.74) is -0.688. The summed E-state index contributed by atoms with van der Waals surface area (Å²) in [5, 5.41) is 18.9. The van der Waals surface area contributed by atoms with Gasteiger partial charge in [-0.25, -0.2) is 9.78 Å². The van der Waals surface area contributed by atoms with E-state index < -0.39 is 11.6 Å². The average Bonchev–Trinajstić information content (AvgIpc) is 2.28. The van der Waals surface area contributed by atoms with E-state index in [0.717, 1.165) is 19.4 Å². The Morgan fingerprint density at radius 1 is 1.53 bits per heavy atom. The number of aliphatic hydroxyl groups is 1. The zero-order valence-corrected chi connectivity index (χ0v) is 9.76. The van der Waals surface area contributed by atoms with E-state index in [2.05, 4.69) is 4.98 Å². The minimum atomic E-state index is -1.03. The van der Waals surface area contributed by atoms with Crippen LogP contribution in [0.1, 0.15) is 30.3 Å². The summed E-state index contributed by atoms with van der Waals surface area (Å²) in [7, 11) is 0. The summed E-state index contributed by atoms with van der Waals surface area (Å²) in [5.74, 6) is -0.416. The van der Waals surface area contributed by atoms with Crippen LogP contribution in [0.5, 0.6) is 0 Å². The van der Waals surface area contributed by atoms with Gasteiger partial charge in [-0.15, -0.1) is 0 Å². The second-order valence-corrected chi connectivity index (χ2v) is 4.71. The zero-order chi connectivity index (χ0) is 12.5. The van der Waals surface area contributed by atoms with Crippen LogP contribution in [-0.4, -0.2) is 39.9 Å². The van der Waals surface area contributed by atoms with Crippen LogP contribution in [0.2, 0.25) is 0 Å². The molecule has 1 atom stereocenters. The molecule has 5 heteroatoms. The van der Waals surface area contributed by atoms with Gasteiger partial charge < -0.3 is 15.1 Å². The van der Waals surface area contributed by atoms with Gasteiger partial charge in [-0.3, -0.25) is 0 Å². The van der Waals surface area contributed by atoms with Gasteiger partial charge in [-0.1, -0.05) is 6.07 Å². The van der Waals surface area contributed by atoms with Gasteiger partial charge in [0, 0.05) is 13.1 Å². The van der Waals surface area contributed by atoms with Crippen molar-refractivity contribution in [1.29, 1.82) is 0 Å². The number of nitrogens with zero attached hydrogens (tertiary/aromatic N) is 2. The predicted octanol–water partition coefficient (Wildman–Crippen LogP) is 1.13. The monoisotopic (exact) mass is 236 g/mol. The molecule has 0 aliphatic carbocycles. The number of carboxylic acids is 1. The van der Waals surface area contributed by atoms with Crippen molar-refractivity contribution < 1.29 is 15.0 Å². The number of piperidine rings is 1. The fourth-order valence-electron chi connectivity index (χ4n) is 2.13. The Balaban J connectivity index is 2.22. The quantitative estimate of drug-likeness (QED) is 0.805. The van der Waals surface area contributed by atoms with Crippen molar-refractivity contribution in [3.63, 3.8) is 0 Å². The molecule has 0 spiro atoms. The van der Waals surface area contributed by atoms with Gasteiger partial charge in [0.1, 0.15) is 5.82 Å². The molecule has 0 bridgehead atoms. The first kappa shape index (κ1) is 11.9. The molecule has 0 radical (unpaired) electrons. The number of hydrogen-bond donors (Lipinski definition) is 2. The zero-order valence-electron chi connectivity index (χ0n) is 9.76. The Kier molecular flexibility index (Phi) is 3.02. The summed E-state index contributed by atoms with van der Waals surface area (Å²) in [6.07, 6.45) is 1.65. The molecule has 1 aromatic heterocycles. The molecule has 2 rings (SSSR count). The number of pyridine rings is 1. The lowest BCUT2D eigenvalue weighted by atomic mass is 9.95. The lowest BCUT2D eigenvalue weighted by molar-refractivity contribution is 0.0447. The maximum atomic E-state index is 10.8. The highest BCUT2D eigenvalue weighted by molar-refractivity contribution is 5.85. The standard InChI is InChI=1S/C12H16N2O3/c1-12(17)6-3-7-14(8-12)10-5-2-4-9(13-10)11(15)16/h2,4-5,17H,3,6-8H2,1H3,(H,15,16). The largest absolute Gasteiger partial charge is 0.477 e. The summed E-state index contributed by atoms with van der Waals surface area (Å²) in [6, 6.07) is 4.91. The molecule has 2 heterocycles. The van der Waals surface area contributed by atoms with Gasteiger partial charge in [0.25, 0.3) is 0 Å². The molecule has 1 aromatic rings. The second-order valence-electron chi connectivity index (χ2n) is 4.71. The van der Waals surface area contributed by atoms with Crippen molar-refractivity contribution in [3.05, 3.63) is 23.9 Å². The highest BCUT2D eigenvalue weighted by Crippen LogP contribution is 2.24. The van der Waals surface area contributed by atoms with Crippen LogP contribution in [0.15, 0.2) is 18.2 Å². The maximum Gasteiger partial charge on any atom is 0.354 e. The normalized spacial score (nSPS) is 24.7. The van der Waals surface area contributed by atoms with Gasteiger partial charge in [0.15, 0.2) is 5.69 Å². The number of aromatic nitrogens is 1. The molecule has 0 saturated carbocycles. The Bertz CT molecular complexity index is 432. The molecule has 2 N–H and O–H groups in total. The fraction of sp³-hybridized carbons (Fsp3) is 0.500. The Morgan fingerprint density at radius 3 is 2.94 bits per heavy atom. The predicted molar refractivity (Wildman–Crippen MR) is 63.3 cm³/mol. The van der Waals surface area contributed by atoms with Crippen LogP contribution in [0.3, 0.4) is 0 Å². The Morgan fingerprint density at radius 2 is 2.29 bits per heavy atom. The molecule has 0 aromatic carbocycles. The van der Waals surface area contributed by atoms with E-state index in [0.29, 0.717) is 12.4 Å². The molecule has 5 nitrogen and oxygen atoms in total. The lowest BCUT2D eigenvalue weighted by Gasteiger charge is -2.37. The lowest BCUT2D eigenvalue weighted by Crippen LogP contribution is -2.46. The molecule has 1 unspecified atom stereocenters. The van der Waals surface area contributed by atoms with Crippen LogP contribution >= 0.6 is 0 Å². The second kappa shape index (κ2) is 4.33. The van der Waals surface area contributed by atoms with Gasteiger partial charge in [0.05, 0.1) is 5.60 Å². The molecule has 17 heavy (non-hydrogen) atoms. The third kappa shape index (κ3) is 2.74. The molecule has 1 aliphatic heterocycles. The van der Waals surface area contributed by atoms with Gasteiger partial charge in [-0.2, -0.15) is 0 Å². The number of hydrogen-bond acceptors (Lipinski definition) is 4. The first-order valence-electron chi connectivity index (χ1n) is 5.66. The van der Waals surface area contributed by atoms with Crippen molar-refractivity contribution in [3.8, 4) is 0 Å². The summed E-state index contributed by atoms with van der Waals surface area (Å²) >= 11 is 0. The third-order valence-electron chi connectivity index (χ3n) is 2.95. The first-order valence-corrected chi connectivity index (χ1v) is 5.66. The first-order chi connectivity index (χ1) is 7.98.